The predicted molar refractivity (Wildman–Crippen MR) is 97.1 cm³/mol. The maximum absolute atomic E-state index is 12.6. The number of carbonyl (C=O) groups is 1. The van der Waals surface area contributed by atoms with Gasteiger partial charge in [-0.15, -0.1) is 0 Å². The highest BCUT2D eigenvalue weighted by atomic mass is 32.2. The van der Waals surface area contributed by atoms with E-state index in [2.05, 4.69) is 15.0 Å². The van der Waals surface area contributed by atoms with Crippen LogP contribution in [0.3, 0.4) is 0 Å². The van der Waals surface area contributed by atoms with E-state index < -0.39 is 21.7 Å². The van der Waals surface area contributed by atoms with E-state index in [4.69, 9.17) is 0 Å². The molecule has 3 rings (SSSR count). The number of carbonyl (C=O) groups excluding carboxylic acids is 1. The average molecular weight is 413 g/mol. The predicted octanol–water partition coefficient (Wildman–Crippen LogP) is 2.77. The fourth-order valence-corrected chi connectivity index (χ4v) is 4.18. The number of alkyl halides is 2. The fourth-order valence-electron chi connectivity index (χ4n) is 2.29. The van der Waals surface area contributed by atoms with Crippen LogP contribution in [-0.4, -0.2) is 31.1 Å². The maximum atomic E-state index is 12.6. The van der Waals surface area contributed by atoms with E-state index in [0.717, 1.165) is 12.8 Å². The normalized spacial score (nSPS) is 14.3. The molecule has 6 nitrogen and oxygen atoms in total. The Bertz CT molecular complexity index is 917. The Balaban J connectivity index is 1.62. The van der Waals surface area contributed by atoms with E-state index in [0.29, 0.717) is 5.56 Å². The van der Waals surface area contributed by atoms with Gasteiger partial charge in [0.05, 0.1) is 10.5 Å². The minimum Gasteiger partial charge on any atom is -0.348 e. The molecule has 1 aromatic carbocycles. The van der Waals surface area contributed by atoms with Gasteiger partial charge in [0.15, 0.2) is 0 Å². The van der Waals surface area contributed by atoms with Crippen LogP contribution in [0.15, 0.2) is 52.5 Å². The second kappa shape index (κ2) is 8.32. The molecular formula is C17H17F2N3O3S2. The van der Waals surface area contributed by atoms with Crippen LogP contribution in [0.25, 0.3) is 0 Å². The molecule has 0 spiro atoms. The minimum atomic E-state index is -3.52. The molecule has 0 bridgehead atoms. The molecule has 0 saturated heterocycles. The summed E-state index contributed by atoms with van der Waals surface area (Å²) in [7, 11) is -3.52. The quantitative estimate of drug-likeness (QED) is 0.650. The number of amides is 1. The lowest BCUT2D eigenvalue weighted by molar-refractivity contribution is 0.0947. The molecule has 0 aliphatic heterocycles. The van der Waals surface area contributed by atoms with Gasteiger partial charge < -0.3 is 5.32 Å². The Morgan fingerprint density at radius 3 is 2.56 bits per heavy atom. The van der Waals surface area contributed by atoms with E-state index >= 15 is 0 Å². The number of halogens is 2. The molecule has 0 atom stereocenters. The van der Waals surface area contributed by atoms with Crippen LogP contribution in [-0.2, 0) is 16.6 Å². The summed E-state index contributed by atoms with van der Waals surface area (Å²) in [5.74, 6) is -3.21. The molecule has 27 heavy (non-hydrogen) atoms. The van der Waals surface area contributed by atoms with E-state index in [9.17, 15) is 22.0 Å². The summed E-state index contributed by atoms with van der Waals surface area (Å²) in [6, 6.07) is 9.07. The van der Waals surface area contributed by atoms with Crippen LogP contribution >= 0.6 is 11.8 Å². The Morgan fingerprint density at radius 2 is 1.93 bits per heavy atom. The third-order valence-corrected chi connectivity index (χ3v) is 6.07. The smallest absolute Gasteiger partial charge is 0.290 e. The first-order chi connectivity index (χ1) is 12.8. The van der Waals surface area contributed by atoms with Crippen molar-refractivity contribution in [1.82, 2.24) is 15.0 Å². The average Bonchev–Trinajstić information content (AvgIpc) is 3.43. The number of rotatable bonds is 8. The van der Waals surface area contributed by atoms with E-state index in [1.165, 1.54) is 30.5 Å². The highest BCUT2D eigenvalue weighted by molar-refractivity contribution is 7.99. The fraction of sp³-hybridized carbons (Fsp3) is 0.294. The molecule has 1 heterocycles. The molecule has 1 fully saturated rings. The first-order valence-electron chi connectivity index (χ1n) is 8.14. The van der Waals surface area contributed by atoms with Gasteiger partial charge in [-0.3, -0.25) is 4.79 Å². The minimum absolute atomic E-state index is 0.0220. The molecule has 1 aromatic heterocycles. The zero-order valence-corrected chi connectivity index (χ0v) is 15.7. The number of aromatic nitrogens is 1. The summed E-state index contributed by atoms with van der Waals surface area (Å²) >= 11 is 0.211. The van der Waals surface area contributed by atoms with E-state index in [-0.39, 0.29) is 39.8 Å². The van der Waals surface area contributed by atoms with Gasteiger partial charge >= 0.3 is 0 Å². The van der Waals surface area contributed by atoms with Crippen molar-refractivity contribution in [2.75, 3.05) is 0 Å². The Hall–Kier alpha value is -2.04. The Morgan fingerprint density at radius 1 is 1.22 bits per heavy atom. The van der Waals surface area contributed by atoms with Gasteiger partial charge in [0.1, 0.15) is 5.03 Å². The highest BCUT2D eigenvalue weighted by Gasteiger charge is 2.27. The summed E-state index contributed by atoms with van der Waals surface area (Å²) in [6.07, 6.45) is 3.05. The van der Waals surface area contributed by atoms with Crippen molar-refractivity contribution in [1.29, 1.82) is 0 Å². The lowest BCUT2D eigenvalue weighted by Gasteiger charge is -2.10. The molecule has 1 aliphatic carbocycles. The van der Waals surface area contributed by atoms with Crippen LogP contribution in [0.2, 0.25) is 0 Å². The molecule has 1 aliphatic rings. The van der Waals surface area contributed by atoms with Crippen molar-refractivity contribution in [3.8, 4) is 0 Å². The summed E-state index contributed by atoms with van der Waals surface area (Å²) in [6.45, 7) is 0.128. The number of benzene rings is 1. The molecular weight excluding hydrogens is 396 g/mol. The molecule has 0 unspecified atom stereocenters. The van der Waals surface area contributed by atoms with Crippen LogP contribution in [0.5, 0.6) is 0 Å². The molecule has 1 amide bonds. The third-order valence-electron chi connectivity index (χ3n) is 3.80. The monoisotopic (exact) mass is 413 g/mol. The van der Waals surface area contributed by atoms with Crippen molar-refractivity contribution >= 4 is 27.7 Å². The summed E-state index contributed by atoms with van der Waals surface area (Å²) in [4.78, 5) is 16.2. The molecule has 0 radical (unpaired) electrons. The first kappa shape index (κ1) is 19.7. The number of nitrogens with zero attached hydrogens (tertiary/aromatic N) is 1. The van der Waals surface area contributed by atoms with Crippen molar-refractivity contribution in [3.63, 3.8) is 0 Å². The molecule has 2 N–H and O–H groups in total. The largest absolute Gasteiger partial charge is 0.348 e. The first-order valence-corrected chi connectivity index (χ1v) is 10.5. The zero-order valence-electron chi connectivity index (χ0n) is 14.1. The van der Waals surface area contributed by atoms with Gasteiger partial charge in [-0.25, -0.2) is 18.1 Å². The second-order valence-electron chi connectivity index (χ2n) is 5.96. The number of sulfonamides is 1. The topological polar surface area (TPSA) is 88.2 Å². The lowest BCUT2D eigenvalue weighted by Crippen LogP contribution is -2.26. The van der Waals surface area contributed by atoms with Crippen LogP contribution in [0.4, 0.5) is 8.78 Å². The number of thioether (sulfide) groups is 1. The van der Waals surface area contributed by atoms with E-state index in [1.807, 2.05) is 0 Å². The zero-order chi connectivity index (χ0) is 19.4. The standard InChI is InChI=1S/C17H17F2N3O3S2/c18-17(19)26-16-14(2-1-9-20-16)15(23)21-10-11-3-7-13(8-4-11)27(24,25)22-12-5-6-12/h1-4,7-9,12,17,22H,5-6,10H2,(H,21,23). The van der Waals surface area contributed by atoms with Crippen molar-refractivity contribution in [2.24, 2.45) is 0 Å². The summed E-state index contributed by atoms with van der Waals surface area (Å²) in [5, 5.41) is 2.58. The number of pyridine rings is 1. The Labute approximate surface area is 159 Å². The maximum Gasteiger partial charge on any atom is 0.290 e. The van der Waals surface area contributed by atoms with Crippen molar-refractivity contribution in [3.05, 3.63) is 53.7 Å². The molecule has 2 aromatic rings. The van der Waals surface area contributed by atoms with Crippen molar-refractivity contribution < 1.29 is 22.0 Å². The Kier molecular flexibility index (Phi) is 6.08. The third kappa shape index (κ3) is 5.47. The van der Waals surface area contributed by atoms with Crippen molar-refractivity contribution in [2.45, 2.75) is 41.1 Å². The number of nitrogens with one attached hydrogen (secondary N) is 2. The molecule has 144 valence electrons. The second-order valence-corrected chi connectivity index (χ2v) is 8.65. The number of hydrogen-bond acceptors (Lipinski definition) is 5. The van der Waals surface area contributed by atoms with E-state index in [1.54, 1.807) is 12.1 Å². The highest BCUT2D eigenvalue weighted by Crippen LogP contribution is 2.26. The van der Waals surface area contributed by atoms with Gasteiger partial charge in [-0.05, 0) is 54.4 Å². The summed E-state index contributed by atoms with van der Waals surface area (Å²) in [5.41, 5.74) is 0.747. The lowest BCUT2D eigenvalue weighted by atomic mass is 10.2. The summed E-state index contributed by atoms with van der Waals surface area (Å²) < 4.78 is 52.0. The van der Waals surface area contributed by atoms with Gasteiger partial charge in [-0.1, -0.05) is 12.1 Å². The van der Waals surface area contributed by atoms with Gasteiger partial charge in [0.25, 0.3) is 11.7 Å². The van der Waals surface area contributed by atoms with Gasteiger partial charge in [-0.2, -0.15) is 8.78 Å². The number of hydrogen-bond donors (Lipinski definition) is 2. The van der Waals surface area contributed by atoms with Gasteiger partial charge in [0, 0.05) is 18.8 Å². The molecule has 1 saturated carbocycles. The van der Waals surface area contributed by atoms with Gasteiger partial charge in [0.2, 0.25) is 10.0 Å². The van der Waals surface area contributed by atoms with Crippen LogP contribution < -0.4 is 10.0 Å². The molecule has 10 heteroatoms. The SMILES string of the molecule is O=C(NCc1ccc(S(=O)(=O)NC2CC2)cc1)c1cccnc1SC(F)F. The van der Waals surface area contributed by atoms with Crippen LogP contribution in [0, 0.1) is 0 Å². The van der Waals surface area contributed by atoms with Crippen LogP contribution in [0.1, 0.15) is 28.8 Å².